The van der Waals surface area contributed by atoms with E-state index in [1.54, 1.807) is 42.5 Å². The first-order valence-corrected chi connectivity index (χ1v) is 9.72. The predicted octanol–water partition coefficient (Wildman–Crippen LogP) is 4.41. The summed E-state index contributed by atoms with van der Waals surface area (Å²) in [6.45, 7) is 2.88. The number of rotatable bonds is 6. The molecule has 1 aliphatic rings. The van der Waals surface area contributed by atoms with Crippen molar-refractivity contribution in [1.29, 1.82) is 0 Å². The minimum Gasteiger partial charge on any atom is -0.452 e. The fourth-order valence-corrected chi connectivity index (χ4v) is 3.87. The summed E-state index contributed by atoms with van der Waals surface area (Å²) in [5.41, 5.74) is -0.0235. The summed E-state index contributed by atoms with van der Waals surface area (Å²) in [7, 11) is 0. The van der Waals surface area contributed by atoms with Gasteiger partial charge in [0.1, 0.15) is 5.82 Å². The predicted molar refractivity (Wildman–Crippen MR) is 107 cm³/mol. The SMILES string of the molecule is CC(=O)c1ccccc1NC(=O)[C@H](C)OC(=O)C1(c2ccccc2F)CCCC1. The first-order chi connectivity index (χ1) is 13.8. The van der Waals surface area contributed by atoms with Crippen LogP contribution in [0, 0.1) is 5.82 Å². The summed E-state index contributed by atoms with van der Waals surface area (Å²) in [4.78, 5) is 37.3. The van der Waals surface area contributed by atoms with Gasteiger partial charge in [0.25, 0.3) is 5.91 Å². The molecule has 0 heterocycles. The largest absolute Gasteiger partial charge is 0.452 e. The molecule has 0 radical (unpaired) electrons. The highest BCUT2D eigenvalue weighted by Crippen LogP contribution is 2.43. The van der Waals surface area contributed by atoms with Gasteiger partial charge in [-0.3, -0.25) is 14.4 Å². The fourth-order valence-electron chi connectivity index (χ4n) is 3.87. The molecule has 152 valence electrons. The molecule has 0 unspecified atom stereocenters. The number of hydrogen-bond acceptors (Lipinski definition) is 4. The molecule has 1 amide bonds. The normalized spacial score (nSPS) is 16.1. The van der Waals surface area contributed by atoms with Gasteiger partial charge in [0, 0.05) is 11.1 Å². The molecule has 0 bridgehead atoms. The molecule has 1 aliphatic carbocycles. The van der Waals surface area contributed by atoms with Gasteiger partial charge in [0.2, 0.25) is 0 Å². The minimum atomic E-state index is -1.09. The Labute approximate surface area is 169 Å². The van der Waals surface area contributed by atoms with Gasteiger partial charge in [0.15, 0.2) is 11.9 Å². The molecule has 1 atom stereocenters. The number of carbonyl (C=O) groups excluding carboxylic acids is 3. The highest BCUT2D eigenvalue weighted by molar-refractivity contribution is 6.04. The molecule has 0 saturated heterocycles. The molecule has 0 aliphatic heterocycles. The topological polar surface area (TPSA) is 72.5 Å². The van der Waals surface area contributed by atoms with Gasteiger partial charge in [-0.05, 0) is 44.9 Å². The summed E-state index contributed by atoms with van der Waals surface area (Å²) in [6.07, 6.45) is 1.45. The molecule has 0 aromatic heterocycles. The Balaban J connectivity index is 1.76. The van der Waals surface area contributed by atoms with E-state index in [0.29, 0.717) is 29.7 Å². The van der Waals surface area contributed by atoms with E-state index in [1.807, 2.05) is 0 Å². The zero-order chi connectivity index (χ0) is 21.0. The average Bonchev–Trinajstić information content (AvgIpc) is 3.19. The lowest BCUT2D eigenvalue weighted by Crippen LogP contribution is -2.40. The molecule has 5 nitrogen and oxygen atoms in total. The van der Waals surface area contributed by atoms with Gasteiger partial charge in [-0.2, -0.15) is 0 Å². The van der Waals surface area contributed by atoms with Crippen molar-refractivity contribution in [2.75, 3.05) is 5.32 Å². The number of ketones is 1. The average molecular weight is 397 g/mol. The number of Topliss-reactive ketones (excluding diaryl/α,β-unsaturated/α-hetero) is 1. The maximum Gasteiger partial charge on any atom is 0.317 e. The van der Waals surface area contributed by atoms with Gasteiger partial charge in [-0.25, -0.2) is 4.39 Å². The van der Waals surface area contributed by atoms with E-state index in [9.17, 15) is 18.8 Å². The molecule has 6 heteroatoms. The van der Waals surface area contributed by atoms with Crippen molar-refractivity contribution in [1.82, 2.24) is 0 Å². The third-order valence-corrected chi connectivity index (χ3v) is 5.45. The van der Waals surface area contributed by atoms with Crippen LogP contribution < -0.4 is 5.32 Å². The van der Waals surface area contributed by atoms with E-state index in [-0.39, 0.29) is 5.78 Å². The molecule has 1 N–H and O–H groups in total. The van der Waals surface area contributed by atoms with Crippen molar-refractivity contribution in [3.8, 4) is 0 Å². The first-order valence-electron chi connectivity index (χ1n) is 9.72. The Morgan fingerprint density at radius 2 is 1.66 bits per heavy atom. The molecule has 29 heavy (non-hydrogen) atoms. The quantitative estimate of drug-likeness (QED) is 0.579. The molecule has 3 rings (SSSR count). The summed E-state index contributed by atoms with van der Waals surface area (Å²) in [6, 6.07) is 12.8. The smallest absolute Gasteiger partial charge is 0.317 e. The lowest BCUT2D eigenvalue weighted by molar-refractivity contribution is -0.159. The number of halogens is 1. The number of carbonyl (C=O) groups is 3. The maximum atomic E-state index is 14.4. The first kappa shape index (κ1) is 20.7. The molecule has 2 aromatic carbocycles. The summed E-state index contributed by atoms with van der Waals surface area (Å²) in [5, 5.41) is 2.64. The van der Waals surface area contributed by atoms with Gasteiger partial charge in [0.05, 0.1) is 11.1 Å². The lowest BCUT2D eigenvalue weighted by atomic mass is 9.78. The molecule has 1 fully saturated rings. The van der Waals surface area contributed by atoms with Gasteiger partial charge in [-0.1, -0.05) is 43.2 Å². The Morgan fingerprint density at radius 3 is 2.31 bits per heavy atom. The van der Waals surface area contributed by atoms with Crippen LogP contribution in [0.15, 0.2) is 48.5 Å². The van der Waals surface area contributed by atoms with Crippen molar-refractivity contribution in [2.45, 2.75) is 51.0 Å². The second kappa shape index (κ2) is 8.55. The second-order valence-electron chi connectivity index (χ2n) is 7.41. The van der Waals surface area contributed by atoms with Crippen LogP contribution in [0.4, 0.5) is 10.1 Å². The molecule has 0 spiro atoms. The Morgan fingerprint density at radius 1 is 1.03 bits per heavy atom. The monoisotopic (exact) mass is 397 g/mol. The van der Waals surface area contributed by atoms with E-state index >= 15 is 0 Å². The Bertz CT molecular complexity index is 934. The highest BCUT2D eigenvalue weighted by Gasteiger charge is 2.46. The zero-order valence-corrected chi connectivity index (χ0v) is 16.5. The summed E-state index contributed by atoms with van der Waals surface area (Å²) in [5.74, 6) is -1.77. The van der Waals surface area contributed by atoms with Gasteiger partial charge in [-0.15, -0.1) is 0 Å². The van der Waals surface area contributed by atoms with Crippen molar-refractivity contribution >= 4 is 23.3 Å². The standard InChI is InChI=1S/C23H24FNO4/c1-15(26)17-9-3-6-12-20(17)25-21(27)16(2)29-22(28)23(13-7-8-14-23)18-10-4-5-11-19(18)24/h3-6,9-12,16H,7-8,13-14H2,1-2H3,(H,25,27)/t16-/m0/s1. The Kier molecular flexibility index (Phi) is 6.11. The minimum absolute atomic E-state index is 0.185. The fraction of sp³-hybridized carbons (Fsp3) is 0.348. The Hall–Kier alpha value is -3.02. The van der Waals surface area contributed by atoms with Gasteiger partial charge < -0.3 is 10.1 Å². The third kappa shape index (κ3) is 4.21. The second-order valence-corrected chi connectivity index (χ2v) is 7.41. The summed E-state index contributed by atoms with van der Waals surface area (Å²) >= 11 is 0. The van der Waals surface area contributed by atoms with Crippen LogP contribution >= 0.6 is 0 Å². The number of benzene rings is 2. The van der Waals surface area contributed by atoms with Crippen LogP contribution in [0.25, 0.3) is 0 Å². The lowest BCUT2D eigenvalue weighted by Gasteiger charge is -2.29. The van der Waals surface area contributed by atoms with Crippen LogP contribution in [0.5, 0.6) is 0 Å². The molecule has 2 aromatic rings. The van der Waals surface area contributed by atoms with Crippen molar-refractivity contribution in [3.05, 3.63) is 65.5 Å². The number of hydrogen-bond donors (Lipinski definition) is 1. The molecule has 1 saturated carbocycles. The number of nitrogens with one attached hydrogen (secondary N) is 1. The van der Waals surface area contributed by atoms with Crippen LogP contribution in [-0.4, -0.2) is 23.8 Å². The maximum absolute atomic E-state index is 14.4. The van der Waals surface area contributed by atoms with Crippen LogP contribution in [0.2, 0.25) is 0 Å². The van der Waals surface area contributed by atoms with E-state index in [4.69, 9.17) is 4.74 Å². The van der Waals surface area contributed by atoms with Crippen LogP contribution in [-0.2, 0) is 19.7 Å². The molecular weight excluding hydrogens is 373 g/mol. The van der Waals surface area contributed by atoms with E-state index < -0.39 is 29.2 Å². The number of esters is 1. The van der Waals surface area contributed by atoms with E-state index in [2.05, 4.69) is 5.32 Å². The van der Waals surface area contributed by atoms with Crippen molar-refractivity contribution in [3.63, 3.8) is 0 Å². The third-order valence-electron chi connectivity index (χ3n) is 5.45. The number of amides is 1. The van der Waals surface area contributed by atoms with Crippen molar-refractivity contribution < 1.29 is 23.5 Å². The van der Waals surface area contributed by atoms with Crippen LogP contribution in [0.3, 0.4) is 0 Å². The number of para-hydroxylation sites is 1. The number of ether oxygens (including phenoxy) is 1. The highest BCUT2D eigenvalue weighted by atomic mass is 19.1. The van der Waals surface area contributed by atoms with E-state index in [0.717, 1.165) is 12.8 Å². The zero-order valence-electron chi connectivity index (χ0n) is 16.5. The van der Waals surface area contributed by atoms with E-state index in [1.165, 1.54) is 19.9 Å². The number of anilines is 1. The summed E-state index contributed by atoms with van der Waals surface area (Å²) < 4.78 is 19.9. The van der Waals surface area contributed by atoms with Crippen molar-refractivity contribution in [2.24, 2.45) is 0 Å². The van der Waals surface area contributed by atoms with Crippen LogP contribution in [0.1, 0.15) is 55.5 Å². The molecular formula is C23H24FNO4. The van der Waals surface area contributed by atoms with Gasteiger partial charge >= 0.3 is 5.97 Å².